The molecule has 0 atom stereocenters. The lowest BCUT2D eigenvalue weighted by Gasteiger charge is -2.02. The minimum atomic E-state index is 0.280. The van der Waals surface area contributed by atoms with Gasteiger partial charge in [-0.15, -0.1) is 0 Å². The van der Waals surface area contributed by atoms with Gasteiger partial charge in [0.1, 0.15) is 12.0 Å². The highest BCUT2D eigenvalue weighted by molar-refractivity contribution is 5.74. The largest absolute Gasteiger partial charge is 0.508 e. The van der Waals surface area contributed by atoms with Crippen LogP contribution in [0.25, 0.3) is 0 Å². The Hall–Kier alpha value is -2.09. The van der Waals surface area contributed by atoms with Gasteiger partial charge in [-0.2, -0.15) is 0 Å². The van der Waals surface area contributed by atoms with Crippen molar-refractivity contribution in [3.05, 3.63) is 65.2 Å². The Kier molecular flexibility index (Phi) is 3.01. The van der Waals surface area contributed by atoms with Crippen molar-refractivity contribution in [2.24, 2.45) is 0 Å². The first-order valence-electron chi connectivity index (χ1n) is 5.10. The smallest absolute Gasteiger partial charge is 0.150 e. The highest BCUT2D eigenvalue weighted by Gasteiger charge is 1.97. The van der Waals surface area contributed by atoms with Crippen LogP contribution in [0.5, 0.6) is 5.75 Å². The maximum absolute atomic E-state index is 10.5. The first-order valence-corrected chi connectivity index (χ1v) is 5.10. The van der Waals surface area contributed by atoms with Gasteiger partial charge >= 0.3 is 0 Å². The van der Waals surface area contributed by atoms with Crippen molar-refractivity contribution in [3.8, 4) is 5.75 Å². The Labute approximate surface area is 94.2 Å². The van der Waals surface area contributed by atoms with Crippen molar-refractivity contribution >= 4 is 6.29 Å². The maximum atomic E-state index is 10.5. The molecule has 0 unspecified atom stereocenters. The van der Waals surface area contributed by atoms with Crippen molar-refractivity contribution in [1.29, 1.82) is 0 Å². The van der Waals surface area contributed by atoms with Crippen LogP contribution in [0.3, 0.4) is 0 Å². The molecule has 0 aliphatic carbocycles. The Morgan fingerprint density at radius 1 is 1.00 bits per heavy atom. The standard InChI is InChI=1S/C14H12O2/c15-10-12-6-4-11(5-7-12)8-13-2-1-3-14(16)9-13/h1-7,9-10,16H,8H2. The molecule has 2 heteroatoms. The lowest BCUT2D eigenvalue weighted by Crippen LogP contribution is -1.88. The second-order valence-corrected chi connectivity index (χ2v) is 3.71. The summed E-state index contributed by atoms with van der Waals surface area (Å²) in [5.41, 5.74) is 2.86. The molecule has 2 aromatic rings. The lowest BCUT2D eigenvalue weighted by molar-refractivity contribution is 0.112. The van der Waals surface area contributed by atoms with Gasteiger partial charge in [0.05, 0.1) is 0 Å². The summed E-state index contributed by atoms with van der Waals surface area (Å²) in [6.07, 6.45) is 1.59. The third-order valence-corrected chi connectivity index (χ3v) is 2.43. The Balaban J connectivity index is 2.17. The SMILES string of the molecule is O=Cc1ccc(Cc2cccc(O)c2)cc1. The average molecular weight is 212 g/mol. The van der Waals surface area contributed by atoms with Gasteiger partial charge in [-0.1, -0.05) is 36.4 Å². The number of carbonyl (C=O) groups is 1. The maximum Gasteiger partial charge on any atom is 0.150 e. The van der Waals surface area contributed by atoms with E-state index >= 15 is 0 Å². The fourth-order valence-corrected chi connectivity index (χ4v) is 1.62. The van der Waals surface area contributed by atoms with Gasteiger partial charge in [0, 0.05) is 5.56 Å². The van der Waals surface area contributed by atoms with E-state index in [0.717, 1.165) is 23.8 Å². The van der Waals surface area contributed by atoms with Gasteiger partial charge in [-0.3, -0.25) is 4.79 Å². The van der Waals surface area contributed by atoms with Crippen LogP contribution >= 0.6 is 0 Å². The molecule has 0 bridgehead atoms. The number of aldehydes is 1. The van der Waals surface area contributed by atoms with Crippen molar-refractivity contribution in [2.45, 2.75) is 6.42 Å². The second kappa shape index (κ2) is 4.62. The minimum absolute atomic E-state index is 0.280. The lowest BCUT2D eigenvalue weighted by atomic mass is 10.0. The molecule has 0 spiro atoms. The van der Waals surface area contributed by atoms with Crippen LogP contribution in [0, 0.1) is 0 Å². The predicted molar refractivity (Wildman–Crippen MR) is 62.7 cm³/mol. The summed E-state index contributed by atoms with van der Waals surface area (Å²) in [5, 5.41) is 9.33. The van der Waals surface area contributed by atoms with Gasteiger partial charge in [0.15, 0.2) is 0 Å². The van der Waals surface area contributed by atoms with E-state index in [4.69, 9.17) is 0 Å². The number of hydrogen-bond donors (Lipinski definition) is 1. The van der Waals surface area contributed by atoms with E-state index in [2.05, 4.69) is 0 Å². The fraction of sp³-hybridized carbons (Fsp3) is 0.0714. The number of rotatable bonds is 3. The van der Waals surface area contributed by atoms with Gasteiger partial charge < -0.3 is 5.11 Å². The van der Waals surface area contributed by atoms with E-state index < -0.39 is 0 Å². The van der Waals surface area contributed by atoms with Gasteiger partial charge in [-0.25, -0.2) is 0 Å². The molecule has 0 aliphatic rings. The van der Waals surface area contributed by atoms with Crippen LogP contribution in [0.4, 0.5) is 0 Å². The molecular weight excluding hydrogens is 200 g/mol. The first-order chi connectivity index (χ1) is 7.78. The zero-order valence-electron chi connectivity index (χ0n) is 8.76. The molecule has 0 saturated carbocycles. The molecule has 80 valence electrons. The molecule has 0 radical (unpaired) electrons. The van der Waals surface area contributed by atoms with Crippen molar-refractivity contribution in [2.75, 3.05) is 0 Å². The molecule has 0 aromatic heterocycles. The fourth-order valence-electron chi connectivity index (χ4n) is 1.62. The van der Waals surface area contributed by atoms with Crippen LogP contribution in [0.2, 0.25) is 0 Å². The molecule has 1 N–H and O–H groups in total. The van der Waals surface area contributed by atoms with E-state index in [1.54, 1.807) is 24.3 Å². The van der Waals surface area contributed by atoms with Crippen LogP contribution in [0.15, 0.2) is 48.5 Å². The van der Waals surface area contributed by atoms with Crippen LogP contribution < -0.4 is 0 Å². The zero-order chi connectivity index (χ0) is 11.4. The van der Waals surface area contributed by atoms with E-state index in [1.807, 2.05) is 24.3 Å². The van der Waals surface area contributed by atoms with Gasteiger partial charge in [-0.05, 0) is 29.7 Å². The quantitative estimate of drug-likeness (QED) is 0.794. The molecule has 0 saturated heterocycles. The van der Waals surface area contributed by atoms with E-state index in [1.165, 1.54) is 0 Å². The van der Waals surface area contributed by atoms with E-state index in [0.29, 0.717) is 5.56 Å². The molecule has 2 nitrogen and oxygen atoms in total. The molecule has 0 heterocycles. The van der Waals surface area contributed by atoms with Crippen molar-refractivity contribution in [1.82, 2.24) is 0 Å². The number of aromatic hydroxyl groups is 1. The molecular formula is C14H12O2. The molecule has 0 amide bonds. The van der Waals surface area contributed by atoms with Crippen LogP contribution in [0.1, 0.15) is 21.5 Å². The first kappa shape index (κ1) is 10.4. The van der Waals surface area contributed by atoms with Gasteiger partial charge in [0.25, 0.3) is 0 Å². The average Bonchev–Trinajstić information content (AvgIpc) is 2.30. The number of phenolic OH excluding ortho intramolecular Hbond substituents is 1. The number of benzene rings is 2. The molecule has 2 aromatic carbocycles. The Morgan fingerprint density at radius 3 is 2.38 bits per heavy atom. The highest BCUT2D eigenvalue weighted by atomic mass is 16.3. The molecule has 0 fully saturated rings. The number of hydrogen-bond acceptors (Lipinski definition) is 2. The third kappa shape index (κ3) is 2.48. The predicted octanol–water partition coefficient (Wildman–Crippen LogP) is 2.80. The highest BCUT2D eigenvalue weighted by Crippen LogP contribution is 2.15. The molecule has 2 rings (SSSR count). The Morgan fingerprint density at radius 2 is 1.75 bits per heavy atom. The summed E-state index contributed by atoms with van der Waals surface area (Å²) in [6.45, 7) is 0. The summed E-state index contributed by atoms with van der Waals surface area (Å²) in [4.78, 5) is 10.5. The van der Waals surface area contributed by atoms with E-state index in [-0.39, 0.29) is 5.75 Å². The van der Waals surface area contributed by atoms with Crippen molar-refractivity contribution < 1.29 is 9.90 Å². The summed E-state index contributed by atoms with van der Waals surface area (Å²) in [5.74, 6) is 0.280. The summed E-state index contributed by atoms with van der Waals surface area (Å²) < 4.78 is 0. The Bertz CT molecular complexity index is 486. The van der Waals surface area contributed by atoms with E-state index in [9.17, 15) is 9.90 Å². The zero-order valence-corrected chi connectivity index (χ0v) is 8.76. The topological polar surface area (TPSA) is 37.3 Å². The summed E-state index contributed by atoms with van der Waals surface area (Å²) >= 11 is 0. The van der Waals surface area contributed by atoms with Crippen LogP contribution in [-0.4, -0.2) is 11.4 Å². The second-order valence-electron chi connectivity index (χ2n) is 3.71. The third-order valence-electron chi connectivity index (χ3n) is 2.43. The number of carbonyl (C=O) groups excluding carboxylic acids is 1. The minimum Gasteiger partial charge on any atom is -0.508 e. The van der Waals surface area contributed by atoms with Gasteiger partial charge in [0.2, 0.25) is 0 Å². The summed E-state index contributed by atoms with van der Waals surface area (Å²) in [6, 6.07) is 14.6. The van der Waals surface area contributed by atoms with Crippen molar-refractivity contribution in [3.63, 3.8) is 0 Å². The molecule has 16 heavy (non-hydrogen) atoms. The summed E-state index contributed by atoms with van der Waals surface area (Å²) in [7, 11) is 0. The molecule has 0 aliphatic heterocycles. The normalized spacial score (nSPS) is 10.0. The monoisotopic (exact) mass is 212 g/mol. The number of phenols is 1. The van der Waals surface area contributed by atoms with Crippen LogP contribution in [-0.2, 0) is 6.42 Å².